The number of hydrogen-bond acceptors (Lipinski definition) is 8. The molecule has 0 aromatic carbocycles. The van der Waals surface area contributed by atoms with E-state index >= 15 is 0 Å². The van der Waals surface area contributed by atoms with Crippen LogP contribution in [0.5, 0.6) is 0 Å². The van der Waals surface area contributed by atoms with Crippen LogP contribution in [0.15, 0.2) is 15.6 Å². The molecule has 0 saturated carbocycles. The van der Waals surface area contributed by atoms with Crippen molar-refractivity contribution in [2.24, 2.45) is 11.7 Å². The smallest absolute Gasteiger partial charge is 0.257 e. The Morgan fingerprint density at radius 3 is 2.76 bits per heavy atom. The van der Waals surface area contributed by atoms with Gasteiger partial charge in [0.2, 0.25) is 11.8 Å². The van der Waals surface area contributed by atoms with Crippen molar-refractivity contribution < 1.29 is 9.21 Å². The Balaban J connectivity index is 1.71. The first-order valence-electron chi connectivity index (χ1n) is 9.62. The van der Waals surface area contributed by atoms with Gasteiger partial charge in [0, 0.05) is 24.3 Å². The molecule has 3 rings (SSSR count). The first kappa shape index (κ1) is 21.5. The van der Waals surface area contributed by atoms with Crippen LogP contribution in [-0.4, -0.2) is 30.9 Å². The monoisotopic (exact) mass is 434 g/mol. The number of rotatable bonds is 10. The van der Waals surface area contributed by atoms with E-state index in [0.29, 0.717) is 29.9 Å². The molecular formula is C19H26N6O2S2. The van der Waals surface area contributed by atoms with Crippen molar-refractivity contribution >= 4 is 29.0 Å². The highest BCUT2D eigenvalue weighted by Gasteiger charge is 2.17. The highest BCUT2D eigenvalue weighted by molar-refractivity contribution is 7.98. The minimum Gasteiger partial charge on any atom is -0.419 e. The van der Waals surface area contributed by atoms with E-state index in [1.165, 1.54) is 22.2 Å². The molecule has 0 aliphatic rings. The van der Waals surface area contributed by atoms with Crippen molar-refractivity contribution in [1.29, 1.82) is 0 Å². The van der Waals surface area contributed by atoms with Gasteiger partial charge < -0.3 is 14.7 Å². The number of aryl methyl sites for hydroxylation is 3. The second-order valence-corrected chi connectivity index (χ2v) is 9.31. The van der Waals surface area contributed by atoms with Gasteiger partial charge in [-0.2, -0.15) is 0 Å². The van der Waals surface area contributed by atoms with Gasteiger partial charge in [0.1, 0.15) is 5.82 Å². The number of amides is 1. The van der Waals surface area contributed by atoms with E-state index in [1.807, 2.05) is 4.57 Å². The summed E-state index contributed by atoms with van der Waals surface area (Å²) in [5, 5.41) is 17.7. The van der Waals surface area contributed by atoms with Gasteiger partial charge in [0.15, 0.2) is 5.16 Å². The lowest BCUT2D eigenvalue weighted by Crippen LogP contribution is -2.15. The first-order valence-corrected chi connectivity index (χ1v) is 11.4. The fourth-order valence-corrected chi connectivity index (χ4v) is 4.75. The molecule has 3 aromatic rings. The SMILES string of the molecule is CCc1sc(-c2nnc(CSc3nnc(CCC(N)=O)n3CC(C)C)o2)cc1C. The third kappa shape index (κ3) is 5.45. The summed E-state index contributed by atoms with van der Waals surface area (Å²) in [5.74, 6) is 2.46. The van der Waals surface area contributed by atoms with Gasteiger partial charge in [-0.3, -0.25) is 4.79 Å². The number of aromatic nitrogens is 5. The zero-order chi connectivity index (χ0) is 21.0. The Hall–Kier alpha value is -2.20. The Bertz CT molecular complexity index is 975. The van der Waals surface area contributed by atoms with Crippen LogP contribution in [0.4, 0.5) is 0 Å². The second-order valence-electron chi connectivity index (χ2n) is 7.23. The van der Waals surface area contributed by atoms with Gasteiger partial charge in [-0.05, 0) is 30.9 Å². The summed E-state index contributed by atoms with van der Waals surface area (Å²) >= 11 is 3.19. The first-order chi connectivity index (χ1) is 13.9. The number of nitrogens with two attached hydrogens (primary N) is 1. The summed E-state index contributed by atoms with van der Waals surface area (Å²) in [5.41, 5.74) is 6.53. The van der Waals surface area contributed by atoms with Crippen LogP contribution in [0, 0.1) is 12.8 Å². The third-order valence-corrected chi connectivity index (χ3v) is 6.60. The Labute approximate surface area is 178 Å². The van der Waals surface area contributed by atoms with E-state index in [0.717, 1.165) is 28.8 Å². The van der Waals surface area contributed by atoms with Gasteiger partial charge in [-0.1, -0.05) is 32.5 Å². The third-order valence-electron chi connectivity index (χ3n) is 4.28. The molecule has 0 radical (unpaired) electrons. The number of carbonyl (C=O) groups is 1. The average molecular weight is 435 g/mol. The van der Waals surface area contributed by atoms with Crippen LogP contribution >= 0.6 is 23.1 Å². The van der Waals surface area contributed by atoms with Gasteiger partial charge in [0.25, 0.3) is 5.89 Å². The molecule has 0 aliphatic carbocycles. The number of thioether (sulfide) groups is 1. The molecule has 3 heterocycles. The van der Waals surface area contributed by atoms with E-state index in [2.05, 4.69) is 54.2 Å². The van der Waals surface area contributed by atoms with Crippen molar-refractivity contribution in [3.05, 3.63) is 28.2 Å². The maximum Gasteiger partial charge on any atom is 0.257 e. The van der Waals surface area contributed by atoms with E-state index in [4.69, 9.17) is 10.2 Å². The number of thiophene rings is 1. The minimum absolute atomic E-state index is 0.258. The molecule has 156 valence electrons. The predicted molar refractivity (Wildman–Crippen MR) is 114 cm³/mol. The molecule has 0 saturated heterocycles. The highest BCUT2D eigenvalue weighted by atomic mass is 32.2. The van der Waals surface area contributed by atoms with Crippen LogP contribution in [0.25, 0.3) is 10.8 Å². The molecule has 0 atom stereocenters. The van der Waals surface area contributed by atoms with Crippen molar-refractivity contribution in [3.8, 4) is 10.8 Å². The standard InChI is InChI=1S/C19H26N6O2S2/c1-5-13-12(4)8-14(29-13)18-23-22-17(27-18)10-28-19-24-21-16(7-6-15(20)26)25(19)9-11(2)3/h8,11H,5-7,9-10H2,1-4H3,(H2,20,26). The van der Waals surface area contributed by atoms with Crippen LogP contribution in [-0.2, 0) is 29.9 Å². The molecule has 0 aliphatic heterocycles. The zero-order valence-electron chi connectivity index (χ0n) is 17.1. The van der Waals surface area contributed by atoms with Crippen LogP contribution < -0.4 is 5.73 Å². The lowest BCUT2D eigenvalue weighted by atomic mass is 10.2. The summed E-state index contributed by atoms with van der Waals surface area (Å²) in [6.45, 7) is 9.27. The fourth-order valence-electron chi connectivity index (χ4n) is 2.91. The predicted octanol–water partition coefficient (Wildman–Crippen LogP) is 3.63. The summed E-state index contributed by atoms with van der Waals surface area (Å²) in [4.78, 5) is 13.5. The number of carbonyl (C=O) groups excluding carboxylic acids is 1. The second kappa shape index (κ2) is 9.53. The van der Waals surface area contributed by atoms with Gasteiger partial charge >= 0.3 is 0 Å². The normalized spacial score (nSPS) is 11.5. The molecule has 0 unspecified atom stereocenters. The van der Waals surface area contributed by atoms with E-state index in [-0.39, 0.29) is 12.3 Å². The molecule has 0 bridgehead atoms. The molecule has 1 amide bonds. The van der Waals surface area contributed by atoms with Crippen molar-refractivity contribution in [2.75, 3.05) is 0 Å². The summed E-state index contributed by atoms with van der Waals surface area (Å²) < 4.78 is 7.91. The van der Waals surface area contributed by atoms with Crippen LogP contribution in [0.1, 0.15) is 49.3 Å². The molecule has 10 heteroatoms. The quantitative estimate of drug-likeness (QED) is 0.485. The zero-order valence-corrected chi connectivity index (χ0v) is 18.8. The number of hydrogen-bond donors (Lipinski definition) is 1. The van der Waals surface area contributed by atoms with Gasteiger partial charge in [0.05, 0.1) is 10.6 Å². The summed E-state index contributed by atoms with van der Waals surface area (Å²) in [7, 11) is 0. The molecule has 29 heavy (non-hydrogen) atoms. The van der Waals surface area contributed by atoms with Crippen molar-refractivity contribution in [3.63, 3.8) is 0 Å². The number of nitrogens with zero attached hydrogens (tertiary/aromatic N) is 5. The lowest BCUT2D eigenvalue weighted by Gasteiger charge is -2.11. The summed E-state index contributed by atoms with van der Waals surface area (Å²) in [6, 6.07) is 2.10. The van der Waals surface area contributed by atoms with E-state index in [9.17, 15) is 4.79 Å². The van der Waals surface area contributed by atoms with E-state index < -0.39 is 0 Å². The van der Waals surface area contributed by atoms with Crippen molar-refractivity contribution in [1.82, 2.24) is 25.0 Å². The van der Waals surface area contributed by atoms with Crippen LogP contribution in [0.3, 0.4) is 0 Å². The Morgan fingerprint density at radius 1 is 1.31 bits per heavy atom. The van der Waals surface area contributed by atoms with Gasteiger partial charge in [-0.15, -0.1) is 31.7 Å². The fraction of sp³-hybridized carbons (Fsp3) is 0.526. The van der Waals surface area contributed by atoms with Gasteiger partial charge in [-0.25, -0.2) is 0 Å². The highest BCUT2D eigenvalue weighted by Crippen LogP contribution is 2.31. The summed E-state index contributed by atoms with van der Waals surface area (Å²) in [6.07, 6.45) is 1.74. The molecule has 0 fully saturated rings. The lowest BCUT2D eigenvalue weighted by molar-refractivity contribution is -0.118. The average Bonchev–Trinajstić information content (AvgIpc) is 3.36. The Kier molecular flexibility index (Phi) is 7.07. The number of primary amides is 1. The Morgan fingerprint density at radius 2 is 2.10 bits per heavy atom. The molecule has 3 aromatic heterocycles. The molecular weight excluding hydrogens is 408 g/mol. The largest absolute Gasteiger partial charge is 0.419 e. The van der Waals surface area contributed by atoms with Crippen molar-refractivity contribution in [2.45, 2.75) is 64.4 Å². The maximum atomic E-state index is 11.1. The molecule has 0 spiro atoms. The molecule has 2 N–H and O–H groups in total. The maximum absolute atomic E-state index is 11.1. The minimum atomic E-state index is -0.341. The molecule has 8 nitrogen and oxygen atoms in total. The van der Waals surface area contributed by atoms with E-state index in [1.54, 1.807) is 11.3 Å². The topological polar surface area (TPSA) is 113 Å². The van der Waals surface area contributed by atoms with Crippen LogP contribution in [0.2, 0.25) is 0 Å².